The second-order valence-corrected chi connectivity index (χ2v) is 21.8. The normalized spacial score (nSPS) is 16.4. The van der Waals surface area contributed by atoms with Crippen molar-refractivity contribution in [3.8, 4) is 0 Å². The first-order valence-corrected chi connectivity index (χ1v) is 26.7. The molecule has 0 fully saturated rings. The molecule has 0 bridgehead atoms. The molecule has 0 saturated carbocycles. The summed E-state index contributed by atoms with van der Waals surface area (Å²) in [6, 6.07) is -8.98. The van der Waals surface area contributed by atoms with E-state index < -0.39 is 131 Å². The van der Waals surface area contributed by atoms with E-state index in [1.165, 1.54) is 73.8 Å². The molecule has 426 valence electrons. The van der Waals surface area contributed by atoms with Crippen LogP contribution in [0.5, 0.6) is 0 Å². The maximum Gasteiger partial charge on any atom is 0.326 e. The van der Waals surface area contributed by atoms with E-state index in [1.807, 2.05) is 69.2 Å². The van der Waals surface area contributed by atoms with Gasteiger partial charge in [-0.15, -0.1) is 0 Å². The number of ether oxygens (including phenoxy) is 1. The Morgan fingerprint density at radius 3 is 1.19 bits per heavy atom. The SMILES string of the molecule is CC[C@H](C)[C@H](NC(=O)[C@H](CC(C)C)N(C)C(=O)[C@@H](NC(=O)[C@@H](CCC(=O)OC)NC(C)=O)[C@@H](C)CC)C(=O)N(C)[C@H](C(=O)N(C)[C@H](C(=O)N(C)[C@H](C(=O)N(C)[C@@H](CC(C)C)C(=O)O)[C@@H](C)CC)[C@@H](C)CC)C(C)C. The molecule has 20 nitrogen and oxygen atoms in total. The summed E-state index contributed by atoms with van der Waals surface area (Å²) in [5, 5.41) is 18.4. The van der Waals surface area contributed by atoms with Gasteiger partial charge in [0, 0.05) is 48.6 Å². The number of esters is 1. The summed E-state index contributed by atoms with van der Waals surface area (Å²) in [6.45, 7) is 26.9. The number of rotatable bonds is 32. The lowest BCUT2D eigenvalue weighted by atomic mass is 9.90. The predicted molar refractivity (Wildman–Crippen MR) is 285 cm³/mol. The second-order valence-electron chi connectivity index (χ2n) is 21.8. The quantitative estimate of drug-likeness (QED) is 0.0677. The lowest BCUT2D eigenvalue weighted by molar-refractivity contribution is -0.159. The van der Waals surface area contributed by atoms with E-state index in [1.54, 1.807) is 27.7 Å². The molecule has 0 aromatic carbocycles. The molecule has 0 heterocycles. The summed E-state index contributed by atoms with van der Waals surface area (Å²) in [5.41, 5.74) is 0. The van der Waals surface area contributed by atoms with Gasteiger partial charge in [0.15, 0.2) is 0 Å². The molecule has 8 amide bonds. The molecule has 12 atom stereocenters. The minimum atomic E-state index is -1.17. The van der Waals surface area contributed by atoms with E-state index in [-0.39, 0.29) is 43.4 Å². The summed E-state index contributed by atoms with van der Waals surface area (Å²) in [6.07, 6.45) is 1.98. The summed E-state index contributed by atoms with van der Waals surface area (Å²) in [7, 11) is 8.59. The zero-order chi connectivity index (χ0) is 57.8. The van der Waals surface area contributed by atoms with Crippen LogP contribution in [0.3, 0.4) is 0 Å². The molecule has 0 aliphatic heterocycles. The van der Waals surface area contributed by atoms with Crippen molar-refractivity contribution in [2.75, 3.05) is 42.3 Å². The number of aliphatic carboxylic acids is 1. The smallest absolute Gasteiger partial charge is 0.326 e. The number of nitrogens with zero attached hydrogens (tertiary/aromatic N) is 5. The monoisotopic (exact) mass is 1050 g/mol. The first-order valence-electron chi connectivity index (χ1n) is 26.7. The van der Waals surface area contributed by atoms with Gasteiger partial charge >= 0.3 is 11.9 Å². The van der Waals surface area contributed by atoms with Crippen LogP contribution >= 0.6 is 0 Å². The number of carbonyl (C=O) groups excluding carboxylic acids is 9. The van der Waals surface area contributed by atoms with Gasteiger partial charge in [0.2, 0.25) is 47.3 Å². The molecule has 0 aromatic rings. The number of methoxy groups -OCH3 is 1. The Kier molecular flexibility index (Phi) is 29.9. The Labute approximate surface area is 443 Å². The molecule has 0 aliphatic rings. The van der Waals surface area contributed by atoms with Gasteiger partial charge in [-0.1, -0.05) is 123 Å². The van der Waals surface area contributed by atoms with Crippen LogP contribution in [0.25, 0.3) is 0 Å². The molecule has 0 saturated heterocycles. The average Bonchev–Trinajstić information content (AvgIpc) is 3.34. The van der Waals surface area contributed by atoms with Crippen molar-refractivity contribution >= 4 is 59.2 Å². The third kappa shape index (κ3) is 19.4. The summed E-state index contributed by atoms with van der Waals surface area (Å²) in [4.78, 5) is 145. The first kappa shape index (κ1) is 68.7. The molecule has 0 rings (SSSR count). The molecule has 4 N–H and O–H groups in total. The molecule has 20 heteroatoms. The zero-order valence-corrected chi connectivity index (χ0v) is 49.0. The second kappa shape index (κ2) is 32.2. The van der Waals surface area contributed by atoms with Gasteiger partial charge in [-0.3, -0.25) is 43.2 Å². The largest absolute Gasteiger partial charge is 0.480 e. The van der Waals surface area contributed by atoms with Crippen molar-refractivity contribution < 1.29 is 57.8 Å². The number of hydrogen-bond acceptors (Lipinski definition) is 11. The summed E-state index contributed by atoms with van der Waals surface area (Å²) >= 11 is 0. The Balaban J connectivity index is 7.20. The lowest BCUT2D eigenvalue weighted by Gasteiger charge is -2.42. The molecular formula is C54H98N8O12. The van der Waals surface area contributed by atoms with Crippen LogP contribution in [-0.2, 0) is 52.7 Å². The Bertz CT molecular complexity index is 1900. The Hall–Kier alpha value is -5.30. The molecule has 0 aliphatic carbocycles. The number of carbonyl (C=O) groups is 10. The molecule has 0 unspecified atom stereocenters. The number of likely N-dealkylation sites (N-methyl/N-ethyl adjacent to an activating group) is 5. The predicted octanol–water partition coefficient (Wildman–Crippen LogP) is 4.57. The van der Waals surface area contributed by atoms with Crippen molar-refractivity contribution in [3.05, 3.63) is 0 Å². The van der Waals surface area contributed by atoms with E-state index in [2.05, 4.69) is 16.0 Å². The van der Waals surface area contributed by atoms with Crippen LogP contribution in [0, 0.1) is 41.4 Å². The fourth-order valence-corrected chi connectivity index (χ4v) is 9.22. The summed E-state index contributed by atoms with van der Waals surface area (Å²) < 4.78 is 4.71. The van der Waals surface area contributed by atoms with Crippen LogP contribution < -0.4 is 16.0 Å². The van der Waals surface area contributed by atoms with E-state index in [0.29, 0.717) is 25.7 Å². The first-order chi connectivity index (χ1) is 34.2. The van der Waals surface area contributed by atoms with Crippen LogP contribution in [0.4, 0.5) is 0 Å². The van der Waals surface area contributed by atoms with Crippen LogP contribution in [0.2, 0.25) is 0 Å². The van der Waals surface area contributed by atoms with Gasteiger partial charge in [0.25, 0.3) is 0 Å². The maximum absolute atomic E-state index is 15.0. The number of carboxylic acids is 1. The average molecular weight is 1050 g/mol. The van der Waals surface area contributed by atoms with Crippen LogP contribution in [0.1, 0.15) is 155 Å². The van der Waals surface area contributed by atoms with Crippen molar-refractivity contribution in [1.82, 2.24) is 40.4 Å². The Morgan fingerprint density at radius 2 is 0.824 bits per heavy atom. The van der Waals surface area contributed by atoms with Gasteiger partial charge in [0.1, 0.15) is 48.3 Å². The molecule has 74 heavy (non-hydrogen) atoms. The van der Waals surface area contributed by atoms with Gasteiger partial charge < -0.3 is 50.3 Å². The van der Waals surface area contributed by atoms with E-state index in [0.717, 1.165) is 0 Å². The van der Waals surface area contributed by atoms with Crippen LogP contribution in [0.15, 0.2) is 0 Å². The number of carboxylic acid groups (broad SMARTS) is 1. The minimum absolute atomic E-state index is 0.0294. The van der Waals surface area contributed by atoms with E-state index >= 15 is 0 Å². The third-order valence-corrected chi connectivity index (χ3v) is 14.8. The van der Waals surface area contributed by atoms with E-state index in [4.69, 9.17) is 4.74 Å². The van der Waals surface area contributed by atoms with Gasteiger partial charge in [-0.2, -0.15) is 0 Å². The zero-order valence-electron chi connectivity index (χ0n) is 49.0. The van der Waals surface area contributed by atoms with Crippen molar-refractivity contribution in [1.29, 1.82) is 0 Å². The van der Waals surface area contributed by atoms with Gasteiger partial charge in [-0.05, 0) is 60.7 Å². The summed E-state index contributed by atoms with van der Waals surface area (Å²) in [5.74, 6) is -8.69. The lowest BCUT2D eigenvalue weighted by Crippen LogP contribution is -2.63. The van der Waals surface area contributed by atoms with Crippen LogP contribution in [-0.4, -0.2) is 179 Å². The highest BCUT2D eigenvalue weighted by atomic mass is 16.5. The van der Waals surface area contributed by atoms with Crippen molar-refractivity contribution in [2.45, 2.75) is 204 Å². The number of hydrogen-bond donors (Lipinski definition) is 4. The third-order valence-electron chi connectivity index (χ3n) is 14.8. The fraction of sp³-hybridized carbons (Fsp3) is 0.815. The maximum atomic E-state index is 15.0. The van der Waals surface area contributed by atoms with Gasteiger partial charge in [0.05, 0.1) is 7.11 Å². The van der Waals surface area contributed by atoms with Crippen molar-refractivity contribution in [2.24, 2.45) is 41.4 Å². The molecular weight excluding hydrogens is 953 g/mol. The van der Waals surface area contributed by atoms with Gasteiger partial charge in [-0.25, -0.2) is 4.79 Å². The fourth-order valence-electron chi connectivity index (χ4n) is 9.22. The highest BCUT2D eigenvalue weighted by Gasteiger charge is 2.45. The molecule has 0 spiro atoms. The minimum Gasteiger partial charge on any atom is -0.480 e. The molecule has 0 aromatic heterocycles. The number of amides is 8. The highest BCUT2D eigenvalue weighted by molar-refractivity contribution is 5.98. The molecule has 0 radical (unpaired) electrons. The Morgan fingerprint density at radius 1 is 0.473 bits per heavy atom. The van der Waals surface area contributed by atoms with Crippen molar-refractivity contribution in [3.63, 3.8) is 0 Å². The topological polar surface area (TPSA) is 252 Å². The van der Waals surface area contributed by atoms with E-state index in [9.17, 15) is 53.1 Å². The number of nitrogens with one attached hydrogen (secondary N) is 3. The standard InChI is InChI=1S/C54H98N8O12/c1-22-33(11)42(56-47(65)38(55-37(15)63)26-27-41(64)74-21)49(67)58(16)39(28-30(5)6)48(66)57-43(34(12)23-2)50(68)60(18)44(32(9)10)51(69)61(19)46(36(14)25-4)53(71)62(20)45(35(13)24-3)52(70)59(17)40(54(72)73)29-31(7)8/h30-36,38-40,42-46H,22-29H2,1-21H3,(H,55,63)(H,56,65)(H,57,66)(H,72,73)/t33-,34-,35-,36-,38+,39-,40-,42-,43-,44-,45-,46-/m0/s1. The highest BCUT2D eigenvalue weighted by Crippen LogP contribution is 2.27.